The number of hydrogen-bond donors (Lipinski definition) is 1. The van der Waals surface area contributed by atoms with Crippen molar-refractivity contribution in [1.82, 2.24) is 9.55 Å². The number of anilines is 1. The third-order valence-corrected chi connectivity index (χ3v) is 3.18. The van der Waals surface area contributed by atoms with Crippen molar-refractivity contribution in [3.8, 4) is 0 Å². The molecule has 0 radical (unpaired) electrons. The average Bonchev–Trinajstić information content (AvgIpc) is 2.39. The molecule has 0 amide bonds. The molecule has 2 rings (SSSR count). The second-order valence-corrected chi connectivity index (χ2v) is 4.52. The summed E-state index contributed by atoms with van der Waals surface area (Å²) in [4.78, 5) is 18.5. The van der Waals surface area contributed by atoms with Gasteiger partial charge in [-0.15, -0.1) is 0 Å². The Kier molecular flexibility index (Phi) is 3.93. The summed E-state index contributed by atoms with van der Waals surface area (Å²) in [6.07, 6.45) is 2.99. The second kappa shape index (κ2) is 5.45. The van der Waals surface area contributed by atoms with Crippen LogP contribution in [0.25, 0.3) is 0 Å². The molecule has 6 nitrogen and oxygen atoms in total. The molecule has 0 bridgehead atoms. The Hall–Kier alpha value is -1.47. The number of thiocarbonyl (C=S) groups is 1. The number of nitrogens with two attached hydrogens (primary N) is 1. The first-order valence-electron chi connectivity index (χ1n) is 5.84. The van der Waals surface area contributed by atoms with Gasteiger partial charge in [0.1, 0.15) is 11.1 Å². The number of hydrogen-bond acceptors (Lipinski definition) is 5. The summed E-state index contributed by atoms with van der Waals surface area (Å²) in [6, 6.07) is 0. The van der Waals surface area contributed by atoms with Crippen molar-refractivity contribution in [1.29, 1.82) is 0 Å². The van der Waals surface area contributed by atoms with Crippen LogP contribution in [0.4, 0.5) is 5.82 Å². The van der Waals surface area contributed by atoms with Crippen molar-refractivity contribution < 1.29 is 4.74 Å². The summed E-state index contributed by atoms with van der Waals surface area (Å²) in [5.74, 6) is 0.434. The Bertz CT molecular complexity index is 502. The van der Waals surface area contributed by atoms with Gasteiger partial charge in [-0.1, -0.05) is 12.2 Å². The van der Waals surface area contributed by atoms with Gasteiger partial charge in [-0.05, 0) is 6.92 Å². The molecule has 1 atom stereocenters. The Morgan fingerprint density at radius 2 is 2.50 bits per heavy atom. The van der Waals surface area contributed by atoms with Crippen LogP contribution in [0.15, 0.2) is 17.2 Å². The van der Waals surface area contributed by atoms with Crippen LogP contribution in [0.5, 0.6) is 0 Å². The van der Waals surface area contributed by atoms with Gasteiger partial charge in [0.15, 0.2) is 5.82 Å². The molecular weight excluding hydrogens is 252 g/mol. The van der Waals surface area contributed by atoms with Crippen LogP contribution < -0.4 is 16.2 Å². The van der Waals surface area contributed by atoms with E-state index in [1.54, 1.807) is 17.0 Å². The fraction of sp³-hybridized carbons (Fsp3) is 0.545. The maximum Gasteiger partial charge on any atom is 0.293 e. The van der Waals surface area contributed by atoms with E-state index in [0.29, 0.717) is 37.0 Å². The smallest absolute Gasteiger partial charge is 0.293 e. The lowest BCUT2D eigenvalue weighted by atomic mass is 10.2. The third-order valence-electron chi connectivity index (χ3n) is 2.92. The summed E-state index contributed by atoms with van der Waals surface area (Å²) in [6.45, 7) is 4.13. The summed E-state index contributed by atoms with van der Waals surface area (Å²) >= 11 is 4.92. The van der Waals surface area contributed by atoms with Gasteiger partial charge in [0.25, 0.3) is 5.56 Å². The lowest BCUT2D eigenvalue weighted by Gasteiger charge is -2.32. The van der Waals surface area contributed by atoms with E-state index in [4.69, 9.17) is 22.7 Å². The van der Waals surface area contributed by atoms with Crippen molar-refractivity contribution in [3.05, 3.63) is 22.7 Å². The Labute approximate surface area is 110 Å². The minimum atomic E-state index is -0.315. The highest BCUT2D eigenvalue weighted by molar-refractivity contribution is 7.80. The molecule has 1 saturated heterocycles. The van der Waals surface area contributed by atoms with E-state index >= 15 is 0 Å². The lowest BCUT2D eigenvalue weighted by Crippen LogP contribution is -2.49. The molecule has 7 heteroatoms. The SMILES string of the molecule is CCn1ccnc(N2CCOC(C(N)=S)C2)c1=O. The normalized spacial score (nSPS) is 19.8. The van der Waals surface area contributed by atoms with E-state index < -0.39 is 0 Å². The Balaban J connectivity index is 2.26. The number of aryl methyl sites for hydroxylation is 1. The first-order valence-corrected chi connectivity index (χ1v) is 6.25. The number of nitrogens with zero attached hydrogens (tertiary/aromatic N) is 3. The summed E-state index contributed by atoms with van der Waals surface area (Å²) in [5.41, 5.74) is 5.48. The monoisotopic (exact) mass is 268 g/mol. The van der Waals surface area contributed by atoms with Gasteiger partial charge in [0.05, 0.1) is 13.2 Å². The quantitative estimate of drug-likeness (QED) is 0.762. The zero-order valence-corrected chi connectivity index (χ0v) is 11.0. The molecule has 0 aliphatic carbocycles. The van der Waals surface area contributed by atoms with Gasteiger partial charge in [0, 0.05) is 25.5 Å². The maximum absolute atomic E-state index is 12.1. The molecule has 0 aromatic carbocycles. The summed E-state index contributed by atoms with van der Waals surface area (Å²) in [7, 11) is 0. The Morgan fingerprint density at radius 1 is 1.72 bits per heavy atom. The zero-order valence-electron chi connectivity index (χ0n) is 10.2. The van der Waals surface area contributed by atoms with Crippen LogP contribution in [0.1, 0.15) is 6.92 Å². The number of aromatic nitrogens is 2. The lowest BCUT2D eigenvalue weighted by molar-refractivity contribution is 0.0842. The van der Waals surface area contributed by atoms with E-state index in [1.165, 1.54) is 0 Å². The molecule has 1 fully saturated rings. The van der Waals surface area contributed by atoms with Gasteiger partial charge < -0.3 is 19.9 Å². The van der Waals surface area contributed by atoms with E-state index in [1.807, 2.05) is 11.8 Å². The van der Waals surface area contributed by atoms with Crippen LogP contribution in [-0.4, -0.2) is 40.3 Å². The molecule has 2 N–H and O–H groups in total. The fourth-order valence-corrected chi connectivity index (χ4v) is 2.06. The molecule has 1 aromatic heterocycles. The van der Waals surface area contributed by atoms with E-state index in [9.17, 15) is 4.79 Å². The minimum absolute atomic E-state index is 0.0939. The van der Waals surface area contributed by atoms with Gasteiger partial charge in [-0.2, -0.15) is 0 Å². The maximum atomic E-state index is 12.1. The molecule has 1 aliphatic rings. The molecule has 1 aromatic rings. The molecule has 2 heterocycles. The Morgan fingerprint density at radius 3 is 3.17 bits per heavy atom. The summed E-state index contributed by atoms with van der Waals surface area (Å²) in [5, 5.41) is 0. The average molecular weight is 268 g/mol. The van der Waals surface area contributed by atoms with E-state index in [0.717, 1.165) is 0 Å². The zero-order chi connectivity index (χ0) is 13.1. The number of rotatable bonds is 3. The molecule has 98 valence electrons. The predicted octanol–water partition coefficient (Wildman–Crippen LogP) is -0.245. The van der Waals surface area contributed by atoms with Crippen molar-refractivity contribution in [2.45, 2.75) is 19.6 Å². The molecular formula is C11H16N4O2S. The highest BCUT2D eigenvalue weighted by Crippen LogP contribution is 2.11. The van der Waals surface area contributed by atoms with Crippen LogP contribution in [0, 0.1) is 0 Å². The van der Waals surface area contributed by atoms with Gasteiger partial charge in [-0.3, -0.25) is 4.79 Å². The first kappa shape index (κ1) is 13.0. The highest BCUT2D eigenvalue weighted by Gasteiger charge is 2.25. The van der Waals surface area contributed by atoms with Gasteiger partial charge >= 0.3 is 0 Å². The predicted molar refractivity (Wildman–Crippen MR) is 72.9 cm³/mol. The van der Waals surface area contributed by atoms with E-state index in [2.05, 4.69) is 4.98 Å². The molecule has 0 saturated carbocycles. The minimum Gasteiger partial charge on any atom is -0.391 e. The molecule has 18 heavy (non-hydrogen) atoms. The topological polar surface area (TPSA) is 73.4 Å². The number of ether oxygens (including phenoxy) is 1. The van der Waals surface area contributed by atoms with Gasteiger partial charge in [0.2, 0.25) is 0 Å². The highest BCUT2D eigenvalue weighted by atomic mass is 32.1. The standard InChI is InChI=1S/C11H16N4O2S/c1-2-14-4-3-13-10(11(14)16)15-5-6-17-8(7-15)9(12)18/h3-4,8H,2,5-7H2,1H3,(H2,12,18). The van der Waals surface area contributed by atoms with Crippen LogP contribution in [0.3, 0.4) is 0 Å². The second-order valence-electron chi connectivity index (χ2n) is 4.05. The summed E-state index contributed by atoms with van der Waals surface area (Å²) < 4.78 is 7.06. The van der Waals surface area contributed by atoms with Gasteiger partial charge in [-0.25, -0.2) is 4.98 Å². The van der Waals surface area contributed by atoms with Crippen molar-refractivity contribution in [2.24, 2.45) is 5.73 Å². The van der Waals surface area contributed by atoms with Crippen molar-refractivity contribution in [2.75, 3.05) is 24.6 Å². The molecule has 1 unspecified atom stereocenters. The van der Waals surface area contributed by atoms with Crippen molar-refractivity contribution in [3.63, 3.8) is 0 Å². The molecule has 1 aliphatic heterocycles. The van der Waals surface area contributed by atoms with E-state index in [-0.39, 0.29) is 11.7 Å². The van der Waals surface area contributed by atoms with Crippen LogP contribution >= 0.6 is 12.2 Å². The van der Waals surface area contributed by atoms with Crippen LogP contribution in [0.2, 0.25) is 0 Å². The third kappa shape index (κ3) is 2.51. The number of morpholine rings is 1. The molecule has 0 spiro atoms. The fourth-order valence-electron chi connectivity index (χ4n) is 1.92. The van der Waals surface area contributed by atoms with Crippen LogP contribution in [-0.2, 0) is 11.3 Å². The van der Waals surface area contributed by atoms with Crippen molar-refractivity contribution >= 4 is 23.0 Å². The largest absolute Gasteiger partial charge is 0.391 e. The first-order chi connectivity index (χ1) is 8.63.